The van der Waals surface area contributed by atoms with Gasteiger partial charge in [0.05, 0.1) is 0 Å². The summed E-state index contributed by atoms with van der Waals surface area (Å²) in [6.07, 6.45) is -1.57. The minimum absolute atomic E-state index is 0.164. The van der Waals surface area contributed by atoms with Crippen molar-refractivity contribution >= 4 is 11.6 Å². The van der Waals surface area contributed by atoms with Crippen LogP contribution >= 0.6 is 0 Å². The number of alkyl halides is 3. The first-order valence-electron chi connectivity index (χ1n) is 7.20. The molecular formula is C14H21F3N4. The predicted molar refractivity (Wildman–Crippen MR) is 76.2 cm³/mol. The Morgan fingerprint density at radius 2 is 1.76 bits per heavy atom. The lowest BCUT2D eigenvalue weighted by atomic mass is 9.79. The van der Waals surface area contributed by atoms with Crippen molar-refractivity contribution in [1.29, 1.82) is 0 Å². The number of hydrogen-bond acceptors (Lipinski definition) is 4. The first-order valence-corrected chi connectivity index (χ1v) is 7.20. The number of halogens is 3. The monoisotopic (exact) mass is 302 g/mol. The first kappa shape index (κ1) is 15.9. The molecule has 1 heterocycles. The number of nitrogens with zero attached hydrogens (tertiary/aromatic N) is 2. The highest BCUT2D eigenvalue weighted by atomic mass is 19.4. The quantitative estimate of drug-likeness (QED) is 0.892. The van der Waals surface area contributed by atoms with E-state index in [0.29, 0.717) is 11.8 Å². The lowest BCUT2D eigenvalue weighted by Gasteiger charge is -2.32. The van der Waals surface area contributed by atoms with Crippen LogP contribution in [0.25, 0.3) is 0 Å². The Kier molecular flexibility index (Phi) is 4.58. The van der Waals surface area contributed by atoms with Crippen LogP contribution in [0.2, 0.25) is 0 Å². The van der Waals surface area contributed by atoms with Crippen LogP contribution < -0.4 is 10.6 Å². The van der Waals surface area contributed by atoms with Crippen molar-refractivity contribution in [3.8, 4) is 0 Å². The molecule has 0 saturated heterocycles. The van der Waals surface area contributed by atoms with Crippen LogP contribution in [-0.4, -0.2) is 23.1 Å². The van der Waals surface area contributed by atoms with Crippen LogP contribution in [0, 0.1) is 11.8 Å². The summed E-state index contributed by atoms with van der Waals surface area (Å²) in [5, 5.41) is 5.77. The van der Waals surface area contributed by atoms with Gasteiger partial charge in [-0.25, -0.2) is 9.97 Å². The van der Waals surface area contributed by atoms with E-state index < -0.39 is 12.0 Å². The van der Waals surface area contributed by atoms with Gasteiger partial charge in [0.1, 0.15) is 11.6 Å². The molecule has 1 aromatic heterocycles. The standard InChI is InChI=1S/C14H21F3N4/c1-8-4-5-10(6-9(8)2)19-12-7-11(18-3)20-13(21-12)14(15,16)17/h7-10H,4-6H2,1-3H3,(H2,18,19,20,21). The van der Waals surface area contributed by atoms with Crippen LogP contribution in [0.4, 0.5) is 24.8 Å². The number of anilines is 2. The molecule has 0 amide bonds. The maximum Gasteiger partial charge on any atom is 0.451 e. The van der Waals surface area contributed by atoms with E-state index in [1.54, 1.807) is 0 Å². The van der Waals surface area contributed by atoms with Gasteiger partial charge in [0.2, 0.25) is 5.82 Å². The largest absolute Gasteiger partial charge is 0.451 e. The summed E-state index contributed by atoms with van der Waals surface area (Å²) in [6, 6.07) is 1.68. The smallest absolute Gasteiger partial charge is 0.373 e. The van der Waals surface area contributed by atoms with Crippen molar-refractivity contribution in [2.45, 2.75) is 45.3 Å². The molecule has 7 heteroatoms. The molecule has 3 unspecified atom stereocenters. The Labute approximate surface area is 122 Å². The van der Waals surface area contributed by atoms with E-state index in [0.717, 1.165) is 19.3 Å². The van der Waals surface area contributed by atoms with E-state index >= 15 is 0 Å². The van der Waals surface area contributed by atoms with E-state index in [1.807, 2.05) is 0 Å². The highest BCUT2D eigenvalue weighted by Gasteiger charge is 2.35. The van der Waals surface area contributed by atoms with Crippen molar-refractivity contribution in [2.24, 2.45) is 11.8 Å². The Morgan fingerprint density at radius 3 is 2.33 bits per heavy atom. The molecule has 0 radical (unpaired) electrons. The second kappa shape index (κ2) is 6.07. The number of hydrogen-bond donors (Lipinski definition) is 2. The molecular weight excluding hydrogens is 281 g/mol. The van der Waals surface area contributed by atoms with Crippen molar-refractivity contribution in [2.75, 3.05) is 17.7 Å². The predicted octanol–water partition coefficient (Wildman–Crippen LogP) is 3.77. The number of aromatic nitrogens is 2. The molecule has 3 atom stereocenters. The molecule has 2 N–H and O–H groups in total. The fourth-order valence-electron chi connectivity index (χ4n) is 2.66. The fraction of sp³-hybridized carbons (Fsp3) is 0.714. The molecule has 4 nitrogen and oxygen atoms in total. The van der Waals surface area contributed by atoms with Gasteiger partial charge in [0.25, 0.3) is 0 Å². The molecule has 1 aliphatic carbocycles. The summed E-state index contributed by atoms with van der Waals surface area (Å²) in [5.74, 6) is 0.496. The van der Waals surface area contributed by atoms with Crippen molar-refractivity contribution in [3.63, 3.8) is 0 Å². The van der Waals surface area contributed by atoms with Crippen LogP contribution in [-0.2, 0) is 6.18 Å². The molecule has 1 aliphatic rings. The summed E-state index contributed by atoms with van der Waals surface area (Å²) in [6.45, 7) is 4.39. The molecule has 1 saturated carbocycles. The lowest BCUT2D eigenvalue weighted by Crippen LogP contribution is -2.31. The fourth-order valence-corrected chi connectivity index (χ4v) is 2.66. The molecule has 0 aromatic carbocycles. The van der Waals surface area contributed by atoms with E-state index in [2.05, 4.69) is 34.4 Å². The van der Waals surface area contributed by atoms with Crippen LogP contribution in [0.3, 0.4) is 0 Å². The van der Waals surface area contributed by atoms with Gasteiger partial charge in [-0.3, -0.25) is 0 Å². The summed E-state index contributed by atoms with van der Waals surface area (Å²) in [5.41, 5.74) is 0. The highest BCUT2D eigenvalue weighted by Crippen LogP contribution is 2.32. The molecule has 21 heavy (non-hydrogen) atoms. The SMILES string of the molecule is CNc1cc(NC2CCC(C)C(C)C2)nc(C(F)(F)F)n1. The number of nitrogens with one attached hydrogen (secondary N) is 2. The summed E-state index contributed by atoms with van der Waals surface area (Å²) in [7, 11) is 1.54. The molecule has 1 fully saturated rings. The molecule has 2 rings (SSSR count). The van der Waals surface area contributed by atoms with E-state index in [-0.39, 0.29) is 17.7 Å². The zero-order valence-electron chi connectivity index (χ0n) is 12.5. The average Bonchev–Trinajstić information content (AvgIpc) is 2.41. The Morgan fingerprint density at radius 1 is 1.10 bits per heavy atom. The van der Waals surface area contributed by atoms with Gasteiger partial charge in [0, 0.05) is 19.2 Å². The van der Waals surface area contributed by atoms with Crippen LogP contribution in [0.5, 0.6) is 0 Å². The van der Waals surface area contributed by atoms with Crippen molar-refractivity contribution in [1.82, 2.24) is 9.97 Å². The average molecular weight is 302 g/mol. The van der Waals surface area contributed by atoms with Crippen LogP contribution in [0.1, 0.15) is 38.9 Å². The van der Waals surface area contributed by atoms with Gasteiger partial charge in [-0.1, -0.05) is 13.8 Å². The molecule has 1 aromatic rings. The van der Waals surface area contributed by atoms with E-state index in [9.17, 15) is 13.2 Å². The second-order valence-corrected chi connectivity index (χ2v) is 5.82. The van der Waals surface area contributed by atoms with Gasteiger partial charge in [-0.15, -0.1) is 0 Å². The minimum Gasteiger partial charge on any atom is -0.373 e. The van der Waals surface area contributed by atoms with Gasteiger partial charge in [0.15, 0.2) is 0 Å². The number of rotatable bonds is 3. The second-order valence-electron chi connectivity index (χ2n) is 5.82. The third-order valence-corrected chi connectivity index (χ3v) is 4.19. The molecule has 0 bridgehead atoms. The first-order chi connectivity index (χ1) is 9.79. The topological polar surface area (TPSA) is 49.8 Å². The summed E-state index contributed by atoms with van der Waals surface area (Å²) >= 11 is 0. The summed E-state index contributed by atoms with van der Waals surface area (Å²) in [4.78, 5) is 7.06. The van der Waals surface area contributed by atoms with Crippen molar-refractivity contribution < 1.29 is 13.2 Å². The lowest BCUT2D eigenvalue weighted by molar-refractivity contribution is -0.144. The Hall–Kier alpha value is -1.53. The highest BCUT2D eigenvalue weighted by molar-refractivity contribution is 5.48. The van der Waals surface area contributed by atoms with Gasteiger partial charge < -0.3 is 10.6 Å². The Bertz CT molecular complexity index is 490. The van der Waals surface area contributed by atoms with Crippen LogP contribution in [0.15, 0.2) is 6.07 Å². The van der Waals surface area contributed by atoms with Gasteiger partial charge in [-0.05, 0) is 31.1 Å². The zero-order chi connectivity index (χ0) is 15.6. The minimum atomic E-state index is -4.54. The maximum absolute atomic E-state index is 12.8. The molecule has 0 spiro atoms. The van der Waals surface area contributed by atoms with Gasteiger partial charge >= 0.3 is 6.18 Å². The van der Waals surface area contributed by atoms with E-state index in [1.165, 1.54) is 13.1 Å². The molecule has 118 valence electrons. The normalized spacial score (nSPS) is 26.5. The van der Waals surface area contributed by atoms with E-state index in [4.69, 9.17) is 0 Å². The summed E-state index contributed by atoms with van der Waals surface area (Å²) < 4.78 is 38.4. The molecule has 0 aliphatic heterocycles. The van der Waals surface area contributed by atoms with Crippen molar-refractivity contribution in [3.05, 3.63) is 11.9 Å². The zero-order valence-corrected chi connectivity index (χ0v) is 12.5. The maximum atomic E-state index is 12.8. The Balaban J connectivity index is 2.16. The van der Waals surface area contributed by atoms with Gasteiger partial charge in [-0.2, -0.15) is 13.2 Å². The third kappa shape index (κ3) is 3.98. The third-order valence-electron chi connectivity index (χ3n) is 4.19.